The van der Waals surface area contributed by atoms with E-state index < -0.39 is 31.1 Å². The third-order valence-electron chi connectivity index (χ3n) is 3.46. The number of fused-ring (bicyclic) bond motifs is 1. The van der Waals surface area contributed by atoms with Crippen LogP contribution >= 0.6 is 15.9 Å². The second-order valence-corrected chi connectivity index (χ2v) is 5.50. The summed E-state index contributed by atoms with van der Waals surface area (Å²) in [7, 11) is 0. The van der Waals surface area contributed by atoms with E-state index >= 15 is 0 Å². The van der Waals surface area contributed by atoms with Crippen LogP contribution in [0.3, 0.4) is 0 Å². The van der Waals surface area contributed by atoms with Crippen molar-refractivity contribution in [2.45, 2.75) is 24.5 Å². The molecule has 0 radical (unpaired) electrons. The van der Waals surface area contributed by atoms with Crippen molar-refractivity contribution in [3.63, 3.8) is 0 Å². The number of nitrogens with one attached hydrogen (secondary N) is 1. The SMILES string of the molecule is OC[C@H]1O[C@@H](n2cc(Br)c3c(NO)ncnc32)[C@H](O)[C@@H]1O. The second-order valence-electron chi connectivity index (χ2n) is 4.65. The summed E-state index contributed by atoms with van der Waals surface area (Å²) in [6.45, 7) is -0.409. The highest BCUT2D eigenvalue weighted by atomic mass is 79.9. The topological polar surface area (TPSA) is 133 Å². The number of aromatic nitrogens is 3. The number of hydrogen-bond acceptors (Lipinski definition) is 8. The number of halogens is 1. The molecule has 1 aliphatic heterocycles. The second kappa shape index (κ2) is 5.48. The van der Waals surface area contributed by atoms with E-state index in [1.165, 1.54) is 10.9 Å². The van der Waals surface area contributed by atoms with E-state index in [1.54, 1.807) is 6.20 Å². The minimum atomic E-state index is -1.22. The molecular formula is C11H13BrN4O5. The summed E-state index contributed by atoms with van der Waals surface area (Å²) >= 11 is 3.32. The molecule has 0 spiro atoms. The molecule has 0 aromatic carbocycles. The average molecular weight is 361 g/mol. The van der Waals surface area contributed by atoms with Crippen molar-refractivity contribution >= 4 is 32.8 Å². The van der Waals surface area contributed by atoms with E-state index in [0.29, 0.717) is 15.5 Å². The molecule has 10 heteroatoms. The van der Waals surface area contributed by atoms with Crippen molar-refractivity contribution < 1.29 is 25.3 Å². The normalized spacial score (nSPS) is 29.2. The Balaban J connectivity index is 2.10. The van der Waals surface area contributed by atoms with Gasteiger partial charge < -0.3 is 24.6 Å². The molecular weight excluding hydrogens is 348 g/mol. The van der Waals surface area contributed by atoms with Crippen molar-refractivity contribution in [2.24, 2.45) is 0 Å². The molecule has 114 valence electrons. The largest absolute Gasteiger partial charge is 0.394 e. The van der Waals surface area contributed by atoms with Crippen molar-refractivity contribution in [3.05, 3.63) is 17.0 Å². The van der Waals surface area contributed by atoms with Crippen LogP contribution in [-0.2, 0) is 4.74 Å². The maximum Gasteiger partial charge on any atom is 0.164 e. The van der Waals surface area contributed by atoms with E-state index in [9.17, 15) is 10.2 Å². The lowest BCUT2D eigenvalue weighted by Crippen LogP contribution is -2.33. The first-order valence-electron chi connectivity index (χ1n) is 6.12. The fourth-order valence-corrected chi connectivity index (χ4v) is 3.01. The fourth-order valence-electron chi connectivity index (χ4n) is 2.43. The average Bonchev–Trinajstić information content (AvgIpc) is 2.98. The van der Waals surface area contributed by atoms with Crippen LogP contribution < -0.4 is 5.48 Å². The number of aliphatic hydroxyl groups is 3. The number of nitrogens with zero attached hydrogens (tertiary/aromatic N) is 3. The highest BCUT2D eigenvalue weighted by molar-refractivity contribution is 9.10. The van der Waals surface area contributed by atoms with Gasteiger partial charge in [0.25, 0.3) is 0 Å². The number of rotatable bonds is 3. The van der Waals surface area contributed by atoms with Crippen LogP contribution in [0.2, 0.25) is 0 Å². The summed E-state index contributed by atoms with van der Waals surface area (Å²) < 4.78 is 7.55. The highest BCUT2D eigenvalue weighted by Gasteiger charge is 2.44. The van der Waals surface area contributed by atoms with Crippen LogP contribution in [0.1, 0.15) is 6.23 Å². The van der Waals surface area contributed by atoms with Gasteiger partial charge in [0.2, 0.25) is 0 Å². The number of anilines is 1. The number of ether oxygens (including phenoxy) is 1. The summed E-state index contributed by atoms with van der Waals surface area (Å²) in [5.41, 5.74) is 2.36. The summed E-state index contributed by atoms with van der Waals surface area (Å²) in [6.07, 6.45) is -1.37. The van der Waals surface area contributed by atoms with E-state index in [-0.39, 0.29) is 5.82 Å². The van der Waals surface area contributed by atoms with E-state index in [0.717, 1.165) is 0 Å². The Morgan fingerprint density at radius 2 is 2.10 bits per heavy atom. The van der Waals surface area contributed by atoms with Gasteiger partial charge >= 0.3 is 0 Å². The molecule has 21 heavy (non-hydrogen) atoms. The minimum Gasteiger partial charge on any atom is -0.394 e. The molecule has 1 aliphatic rings. The zero-order valence-corrected chi connectivity index (χ0v) is 12.2. The Bertz CT molecular complexity index is 665. The maximum atomic E-state index is 10.1. The molecule has 0 amide bonds. The number of aliphatic hydroxyl groups excluding tert-OH is 3. The van der Waals surface area contributed by atoms with Gasteiger partial charge in [-0.1, -0.05) is 0 Å². The van der Waals surface area contributed by atoms with Crippen LogP contribution in [0.15, 0.2) is 17.0 Å². The Morgan fingerprint density at radius 3 is 2.71 bits per heavy atom. The van der Waals surface area contributed by atoms with Crippen molar-refractivity contribution in [1.29, 1.82) is 0 Å². The standard InChI is InChI=1S/C11H13BrN4O5/c12-4-1-16(10-6(4)9(15-20)13-3-14-10)11-8(19)7(18)5(2-17)21-11/h1,3,5,7-8,11,17-20H,2H2,(H,13,14,15)/t5-,7-,8-,11-/m1/s1. The van der Waals surface area contributed by atoms with Crippen molar-refractivity contribution in [3.8, 4) is 0 Å². The van der Waals surface area contributed by atoms with E-state index in [1.807, 2.05) is 5.48 Å². The molecule has 0 aliphatic carbocycles. The Kier molecular flexibility index (Phi) is 3.82. The predicted molar refractivity (Wildman–Crippen MR) is 73.6 cm³/mol. The van der Waals surface area contributed by atoms with Gasteiger partial charge in [-0.15, -0.1) is 0 Å². The molecule has 9 nitrogen and oxygen atoms in total. The van der Waals surface area contributed by atoms with Gasteiger partial charge in [0.1, 0.15) is 30.3 Å². The molecule has 1 fully saturated rings. The first kappa shape index (κ1) is 14.6. The lowest BCUT2D eigenvalue weighted by Gasteiger charge is -2.17. The van der Waals surface area contributed by atoms with Gasteiger partial charge in [-0.25, -0.2) is 9.97 Å². The fraction of sp³-hybridized carbons (Fsp3) is 0.455. The van der Waals surface area contributed by atoms with Crippen molar-refractivity contribution in [1.82, 2.24) is 14.5 Å². The molecule has 5 N–H and O–H groups in total. The summed E-state index contributed by atoms with van der Waals surface area (Å²) in [5.74, 6) is 0.192. The lowest BCUT2D eigenvalue weighted by molar-refractivity contribution is -0.0509. The highest BCUT2D eigenvalue weighted by Crippen LogP contribution is 2.36. The molecule has 2 aromatic heterocycles. The van der Waals surface area contributed by atoms with Crippen LogP contribution in [0.5, 0.6) is 0 Å². The lowest BCUT2D eigenvalue weighted by atomic mass is 10.1. The van der Waals surface area contributed by atoms with Gasteiger partial charge in [-0.2, -0.15) is 0 Å². The Labute approximate surface area is 126 Å². The van der Waals surface area contributed by atoms with Crippen LogP contribution in [-0.4, -0.2) is 60.0 Å². The summed E-state index contributed by atoms with van der Waals surface area (Å²) in [6, 6.07) is 0. The molecule has 4 atom stereocenters. The van der Waals surface area contributed by atoms with Gasteiger partial charge in [0, 0.05) is 10.7 Å². The van der Waals surface area contributed by atoms with Crippen molar-refractivity contribution in [2.75, 3.05) is 12.1 Å². The molecule has 3 rings (SSSR count). The zero-order valence-electron chi connectivity index (χ0n) is 10.6. The molecule has 0 saturated carbocycles. The zero-order chi connectivity index (χ0) is 15.1. The summed E-state index contributed by atoms with van der Waals surface area (Å²) in [5, 5.41) is 38.6. The minimum absolute atomic E-state index is 0.192. The van der Waals surface area contributed by atoms with Gasteiger partial charge in [-0.05, 0) is 15.9 Å². The Hall–Kier alpha value is -1.30. The number of hydrogen-bond donors (Lipinski definition) is 5. The molecule has 0 bridgehead atoms. The smallest absolute Gasteiger partial charge is 0.164 e. The molecule has 1 saturated heterocycles. The predicted octanol–water partition coefficient (Wildman–Crippen LogP) is -0.394. The van der Waals surface area contributed by atoms with E-state index in [2.05, 4.69) is 25.9 Å². The van der Waals surface area contributed by atoms with E-state index in [4.69, 9.17) is 15.1 Å². The third-order valence-corrected chi connectivity index (χ3v) is 4.06. The molecule has 0 unspecified atom stereocenters. The first-order valence-corrected chi connectivity index (χ1v) is 6.91. The third kappa shape index (κ3) is 2.20. The molecule has 2 aromatic rings. The van der Waals surface area contributed by atoms with Crippen LogP contribution in [0.25, 0.3) is 11.0 Å². The quantitative estimate of drug-likeness (QED) is 0.467. The van der Waals surface area contributed by atoms with Gasteiger partial charge in [-0.3, -0.25) is 10.7 Å². The maximum absolute atomic E-state index is 10.1. The van der Waals surface area contributed by atoms with Crippen LogP contribution in [0, 0.1) is 0 Å². The molecule has 3 heterocycles. The first-order chi connectivity index (χ1) is 10.1. The summed E-state index contributed by atoms with van der Waals surface area (Å²) in [4.78, 5) is 7.98. The van der Waals surface area contributed by atoms with Gasteiger partial charge in [0.15, 0.2) is 12.0 Å². The van der Waals surface area contributed by atoms with Crippen LogP contribution in [0.4, 0.5) is 5.82 Å². The monoisotopic (exact) mass is 360 g/mol. The Morgan fingerprint density at radius 1 is 1.33 bits per heavy atom. The van der Waals surface area contributed by atoms with Gasteiger partial charge in [0.05, 0.1) is 12.0 Å².